The number of hydrogen-bond donors (Lipinski definition) is 1. The third kappa shape index (κ3) is 2.77. The van der Waals surface area contributed by atoms with Crippen molar-refractivity contribution >= 4 is 28.3 Å². The van der Waals surface area contributed by atoms with Gasteiger partial charge in [0.1, 0.15) is 5.52 Å². The van der Waals surface area contributed by atoms with Crippen molar-refractivity contribution in [1.29, 1.82) is 0 Å². The first kappa shape index (κ1) is 17.3. The lowest BCUT2D eigenvalue weighted by molar-refractivity contribution is -0.117. The van der Waals surface area contributed by atoms with E-state index >= 15 is 0 Å². The van der Waals surface area contributed by atoms with Crippen LogP contribution in [0.4, 0.5) is 5.69 Å². The van der Waals surface area contributed by atoms with Gasteiger partial charge in [0.25, 0.3) is 5.56 Å². The first-order chi connectivity index (χ1) is 12.9. The SMILES string of the molecule is CC(=O)c1cc2c(N3C(=O)CCC3c3ccc(C)cc3)cn(C)c(=O)c2[nH]1. The summed E-state index contributed by atoms with van der Waals surface area (Å²) in [4.78, 5) is 41.8. The summed E-state index contributed by atoms with van der Waals surface area (Å²) in [6.45, 7) is 3.48. The highest BCUT2D eigenvalue weighted by atomic mass is 16.2. The molecule has 1 atom stereocenters. The van der Waals surface area contributed by atoms with E-state index in [0.717, 1.165) is 17.5 Å². The summed E-state index contributed by atoms with van der Waals surface area (Å²) < 4.78 is 1.45. The molecule has 3 heterocycles. The molecule has 6 nitrogen and oxygen atoms in total. The number of aromatic amines is 1. The highest BCUT2D eigenvalue weighted by Gasteiger charge is 2.35. The average molecular weight is 363 g/mol. The fraction of sp³-hybridized carbons (Fsp3) is 0.286. The molecule has 0 spiro atoms. The molecule has 0 aliphatic carbocycles. The van der Waals surface area contributed by atoms with E-state index in [9.17, 15) is 14.4 Å². The molecule has 0 radical (unpaired) electrons. The van der Waals surface area contributed by atoms with E-state index in [1.165, 1.54) is 11.5 Å². The van der Waals surface area contributed by atoms with Crippen molar-refractivity contribution in [3.05, 3.63) is 63.7 Å². The normalized spacial score (nSPS) is 17.1. The smallest absolute Gasteiger partial charge is 0.274 e. The Labute approximate surface area is 156 Å². The van der Waals surface area contributed by atoms with E-state index < -0.39 is 0 Å². The summed E-state index contributed by atoms with van der Waals surface area (Å²) in [5.41, 5.74) is 3.38. The van der Waals surface area contributed by atoms with Crippen molar-refractivity contribution in [2.45, 2.75) is 32.7 Å². The van der Waals surface area contributed by atoms with Gasteiger partial charge in [-0.3, -0.25) is 14.4 Å². The fourth-order valence-corrected chi connectivity index (χ4v) is 3.78. The van der Waals surface area contributed by atoms with Gasteiger partial charge in [-0.2, -0.15) is 0 Å². The van der Waals surface area contributed by atoms with Crippen LogP contribution in [0, 0.1) is 6.92 Å². The maximum absolute atomic E-state index is 12.8. The number of ketones is 1. The summed E-state index contributed by atoms with van der Waals surface area (Å²) in [5.74, 6) is -0.131. The summed E-state index contributed by atoms with van der Waals surface area (Å²) in [5, 5.41) is 0.607. The highest BCUT2D eigenvalue weighted by Crippen LogP contribution is 2.39. The first-order valence-electron chi connectivity index (χ1n) is 8.98. The predicted molar refractivity (Wildman–Crippen MR) is 104 cm³/mol. The van der Waals surface area contributed by atoms with Gasteiger partial charge in [-0.25, -0.2) is 0 Å². The van der Waals surface area contributed by atoms with Crippen molar-refractivity contribution in [2.75, 3.05) is 4.90 Å². The molecule has 27 heavy (non-hydrogen) atoms. The summed E-state index contributed by atoms with van der Waals surface area (Å²) in [6, 6.07) is 9.75. The minimum atomic E-state index is -0.222. The van der Waals surface area contributed by atoms with Gasteiger partial charge < -0.3 is 14.5 Å². The molecule has 0 saturated carbocycles. The lowest BCUT2D eigenvalue weighted by Crippen LogP contribution is -2.29. The monoisotopic (exact) mass is 363 g/mol. The van der Waals surface area contributed by atoms with Gasteiger partial charge in [0.2, 0.25) is 5.91 Å². The Bertz CT molecular complexity index is 1120. The Morgan fingerprint density at radius 1 is 1.19 bits per heavy atom. The Hall–Kier alpha value is -3.15. The number of Topliss-reactive ketones (excluding diaryl/α,β-unsaturated/α-hetero) is 1. The highest BCUT2D eigenvalue weighted by molar-refractivity contribution is 6.07. The number of benzene rings is 1. The summed E-state index contributed by atoms with van der Waals surface area (Å²) in [6.07, 6.45) is 2.86. The van der Waals surface area contributed by atoms with Gasteiger partial charge in [0.05, 0.1) is 17.4 Å². The number of anilines is 1. The Balaban J connectivity index is 1.92. The predicted octanol–water partition coefficient (Wildman–Crippen LogP) is 3.25. The Morgan fingerprint density at radius 2 is 1.89 bits per heavy atom. The second-order valence-electron chi connectivity index (χ2n) is 7.19. The zero-order valence-electron chi connectivity index (χ0n) is 15.6. The van der Waals surface area contributed by atoms with Gasteiger partial charge >= 0.3 is 0 Å². The lowest BCUT2D eigenvalue weighted by Gasteiger charge is -2.26. The molecule has 1 unspecified atom stereocenters. The van der Waals surface area contributed by atoms with Crippen LogP contribution < -0.4 is 10.5 Å². The number of fused-ring (bicyclic) bond motifs is 1. The number of nitrogens with zero attached hydrogens (tertiary/aromatic N) is 2. The topological polar surface area (TPSA) is 75.2 Å². The molecule has 1 aliphatic heterocycles. The molecule has 1 fully saturated rings. The van der Waals surface area contributed by atoms with E-state index in [2.05, 4.69) is 4.98 Å². The molecule has 1 saturated heterocycles. The minimum Gasteiger partial charge on any atom is -0.348 e. The quantitative estimate of drug-likeness (QED) is 0.726. The number of aromatic nitrogens is 2. The maximum atomic E-state index is 12.8. The van der Waals surface area contributed by atoms with E-state index in [0.29, 0.717) is 28.7 Å². The van der Waals surface area contributed by atoms with Crippen molar-refractivity contribution < 1.29 is 9.59 Å². The van der Waals surface area contributed by atoms with Gasteiger partial charge in [-0.1, -0.05) is 29.8 Å². The van der Waals surface area contributed by atoms with Crippen molar-refractivity contribution in [3.8, 4) is 0 Å². The van der Waals surface area contributed by atoms with E-state index in [1.54, 1.807) is 24.2 Å². The van der Waals surface area contributed by atoms with Crippen LogP contribution in [-0.2, 0) is 11.8 Å². The summed E-state index contributed by atoms with van der Waals surface area (Å²) >= 11 is 0. The molecule has 6 heteroatoms. The number of pyridine rings is 1. The second kappa shape index (κ2) is 6.23. The summed E-state index contributed by atoms with van der Waals surface area (Å²) in [7, 11) is 1.65. The largest absolute Gasteiger partial charge is 0.348 e. The van der Waals surface area contributed by atoms with E-state index in [1.807, 2.05) is 31.2 Å². The third-order valence-electron chi connectivity index (χ3n) is 5.26. The minimum absolute atomic E-state index is 0.0195. The van der Waals surface area contributed by atoms with Crippen LogP contribution in [0.3, 0.4) is 0 Å². The van der Waals surface area contributed by atoms with Crippen LogP contribution in [0.2, 0.25) is 0 Å². The Kier molecular flexibility index (Phi) is 3.98. The number of carbonyl (C=O) groups is 2. The maximum Gasteiger partial charge on any atom is 0.274 e. The van der Waals surface area contributed by atoms with E-state index in [-0.39, 0.29) is 23.3 Å². The first-order valence-corrected chi connectivity index (χ1v) is 8.98. The molecule has 1 aliphatic rings. The number of nitrogens with one attached hydrogen (secondary N) is 1. The van der Waals surface area contributed by atoms with E-state index in [4.69, 9.17) is 0 Å². The molecular weight excluding hydrogens is 342 g/mol. The molecule has 1 N–H and O–H groups in total. The second-order valence-corrected chi connectivity index (χ2v) is 7.19. The van der Waals surface area contributed by atoms with Gasteiger partial charge in [-0.05, 0) is 25.0 Å². The van der Waals surface area contributed by atoms with Crippen LogP contribution in [0.5, 0.6) is 0 Å². The van der Waals surface area contributed by atoms with Crippen molar-refractivity contribution in [3.63, 3.8) is 0 Å². The third-order valence-corrected chi connectivity index (χ3v) is 5.26. The number of H-pyrrole nitrogens is 1. The lowest BCUT2D eigenvalue weighted by atomic mass is 10.0. The molecule has 1 amide bonds. The van der Waals surface area contributed by atoms with Gasteiger partial charge in [0.15, 0.2) is 5.78 Å². The molecule has 2 aromatic heterocycles. The number of hydrogen-bond acceptors (Lipinski definition) is 3. The number of aryl methyl sites for hydroxylation is 2. The standard InChI is InChI=1S/C21H21N3O3/c1-12-4-6-14(7-5-12)17-8-9-19(26)24(17)18-11-23(3)21(27)20-15(18)10-16(22-20)13(2)25/h4-7,10-11,17,22H,8-9H2,1-3H3. The fourth-order valence-electron chi connectivity index (χ4n) is 3.78. The molecule has 4 rings (SSSR count). The zero-order chi connectivity index (χ0) is 19.3. The molecular formula is C21H21N3O3. The van der Waals surface area contributed by atoms with Crippen LogP contribution in [-0.4, -0.2) is 21.2 Å². The average Bonchev–Trinajstić information content (AvgIpc) is 3.24. The van der Waals surface area contributed by atoms with Crippen molar-refractivity contribution in [2.24, 2.45) is 7.05 Å². The number of carbonyl (C=O) groups excluding carboxylic acids is 2. The number of amides is 1. The van der Waals surface area contributed by atoms with Crippen LogP contribution >= 0.6 is 0 Å². The molecule has 138 valence electrons. The van der Waals surface area contributed by atoms with Crippen LogP contribution in [0.25, 0.3) is 10.9 Å². The van der Waals surface area contributed by atoms with Crippen LogP contribution in [0.15, 0.2) is 41.3 Å². The molecule has 0 bridgehead atoms. The van der Waals surface area contributed by atoms with Gasteiger partial charge in [-0.15, -0.1) is 0 Å². The van der Waals surface area contributed by atoms with Crippen LogP contribution in [0.1, 0.15) is 47.4 Å². The number of rotatable bonds is 3. The molecule has 3 aromatic rings. The molecule has 1 aromatic carbocycles. The van der Waals surface area contributed by atoms with Crippen molar-refractivity contribution in [1.82, 2.24) is 9.55 Å². The zero-order valence-corrected chi connectivity index (χ0v) is 15.6. The van der Waals surface area contributed by atoms with Gasteiger partial charge in [0, 0.05) is 32.0 Å². The Morgan fingerprint density at radius 3 is 2.56 bits per heavy atom.